The van der Waals surface area contributed by atoms with E-state index in [0.717, 1.165) is 28.3 Å². The molecule has 148 valence electrons. The van der Waals surface area contributed by atoms with Crippen molar-refractivity contribution in [2.24, 2.45) is 4.99 Å². The van der Waals surface area contributed by atoms with E-state index in [9.17, 15) is 4.79 Å². The summed E-state index contributed by atoms with van der Waals surface area (Å²) in [5.74, 6) is 1.61. The summed E-state index contributed by atoms with van der Waals surface area (Å²) in [4.78, 5) is 23.0. The van der Waals surface area contributed by atoms with Gasteiger partial charge in [-0.1, -0.05) is 18.2 Å². The molecular formula is C21H27N5O2. The number of aryl methyl sites for hydroxylation is 1. The van der Waals surface area contributed by atoms with Gasteiger partial charge in [0, 0.05) is 43.0 Å². The van der Waals surface area contributed by atoms with Crippen molar-refractivity contribution in [3.05, 3.63) is 53.3 Å². The molecule has 3 rings (SSSR count). The zero-order chi connectivity index (χ0) is 20.1. The van der Waals surface area contributed by atoms with E-state index in [-0.39, 0.29) is 11.9 Å². The van der Waals surface area contributed by atoms with Crippen LogP contribution >= 0.6 is 0 Å². The van der Waals surface area contributed by atoms with Crippen molar-refractivity contribution in [1.29, 1.82) is 0 Å². The van der Waals surface area contributed by atoms with Crippen molar-refractivity contribution in [3.63, 3.8) is 0 Å². The van der Waals surface area contributed by atoms with Crippen molar-refractivity contribution in [2.75, 3.05) is 25.6 Å². The van der Waals surface area contributed by atoms with Crippen LogP contribution in [0.5, 0.6) is 5.75 Å². The SMILES string of the molecule is CN=C(NCc1ncc(C)c(OC)c1C)NC1CC(=O)N(c2ccccc2)C1. The van der Waals surface area contributed by atoms with E-state index in [0.29, 0.717) is 25.5 Å². The van der Waals surface area contributed by atoms with Gasteiger partial charge in [-0.15, -0.1) is 0 Å². The highest BCUT2D eigenvalue weighted by molar-refractivity contribution is 5.97. The summed E-state index contributed by atoms with van der Waals surface area (Å²) in [5, 5.41) is 6.63. The first-order valence-electron chi connectivity index (χ1n) is 9.35. The zero-order valence-corrected chi connectivity index (χ0v) is 16.8. The molecule has 7 nitrogen and oxygen atoms in total. The lowest BCUT2D eigenvalue weighted by molar-refractivity contribution is -0.117. The molecule has 0 spiro atoms. The number of carbonyl (C=O) groups is 1. The number of amides is 1. The molecule has 1 saturated heterocycles. The number of methoxy groups -OCH3 is 1. The smallest absolute Gasteiger partial charge is 0.229 e. The van der Waals surface area contributed by atoms with Gasteiger partial charge in [0.05, 0.1) is 25.4 Å². The monoisotopic (exact) mass is 381 g/mol. The maximum Gasteiger partial charge on any atom is 0.229 e. The van der Waals surface area contributed by atoms with Gasteiger partial charge >= 0.3 is 0 Å². The summed E-state index contributed by atoms with van der Waals surface area (Å²) < 4.78 is 5.47. The second-order valence-electron chi connectivity index (χ2n) is 6.86. The van der Waals surface area contributed by atoms with Crippen LogP contribution in [-0.2, 0) is 11.3 Å². The number of aliphatic imine (C=N–C) groups is 1. The summed E-state index contributed by atoms with van der Waals surface area (Å²) in [5.41, 5.74) is 3.85. The molecule has 1 amide bonds. The number of anilines is 1. The van der Waals surface area contributed by atoms with E-state index < -0.39 is 0 Å². The second-order valence-corrected chi connectivity index (χ2v) is 6.86. The number of carbonyl (C=O) groups excluding carboxylic acids is 1. The average Bonchev–Trinajstić information content (AvgIpc) is 3.07. The van der Waals surface area contributed by atoms with Gasteiger partial charge < -0.3 is 20.3 Å². The lowest BCUT2D eigenvalue weighted by Gasteiger charge is -2.19. The van der Waals surface area contributed by atoms with Crippen LogP contribution < -0.4 is 20.3 Å². The predicted molar refractivity (Wildman–Crippen MR) is 111 cm³/mol. The summed E-state index contributed by atoms with van der Waals surface area (Å²) in [6.07, 6.45) is 2.25. The number of benzene rings is 1. The van der Waals surface area contributed by atoms with E-state index in [1.807, 2.05) is 55.3 Å². The first kappa shape index (κ1) is 19.7. The molecule has 0 aliphatic carbocycles. The van der Waals surface area contributed by atoms with E-state index in [1.165, 1.54) is 0 Å². The average molecular weight is 381 g/mol. The van der Waals surface area contributed by atoms with Gasteiger partial charge in [-0.25, -0.2) is 0 Å². The Kier molecular flexibility index (Phi) is 6.13. The number of hydrogen-bond donors (Lipinski definition) is 2. The molecular weight excluding hydrogens is 354 g/mol. The van der Waals surface area contributed by atoms with Gasteiger partial charge in [0.1, 0.15) is 5.75 Å². The van der Waals surface area contributed by atoms with Gasteiger partial charge in [0.2, 0.25) is 5.91 Å². The predicted octanol–water partition coefficient (Wildman–Crippen LogP) is 2.18. The molecule has 1 aliphatic heterocycles. The van der Waals surface area contributed by atoms with Gasteiger partial charge in [0.15, 0.2) is 5.96 Å². The molecule has 2 heterocycles. The van der Waals surface area contributed by atoms with Crippen molar-refractivity contribution in [2.45, 2.75) is 32.9 Å². The molecule has 2 aromatic rings. The van der Waals surface area contributed by atoms with Crippen LogP contribution in [0.1, 0.15) is 23.2 Å². The quantitative estimate of drug-likeness (QED) is 0.613. The molecule has 1 aromatic carbocycles. The number of aromatic nitrogens is 1. The summed E-state index contributed by atoms with van der Waals surface area (Å²) in [6, 6.07) is 9.73. The van der Waals surface area contributed by atoms with Crippen LogP contribution in [0.2, 0.25) is 0 Å². The van der Waals surface area contributed by atoms with Gasteiger partial charge in [0.25, 0.3) is 0 Å². The number of ether oxygens (including phenoxy) is 1. The summed E-state index contributed by atoms with van der Waals surface area (Å²) in [7, 11) is 3.39. The summed E-state index contributed by atoms with van der Waals surface area (Å²) in [6.45, 7) is 5.11. The number of rotatable bonds is 5. The standard InChI is InChI=1S/C21H27N5O2/c1-14-11-23-18(15(2)20(14)28-4)12-24-21(22-3)25-16-10-19(27)26(13-16)17-8-6-5-7-9-17/h5-9,11,16H,10,12-13H2,1-4H3,(H2,22,24,25). The normalized spacial score (nSPS) is 17.0. The van der Waals surface area contributed by atoms with Gasteiger partial charge in [-0.3, -0.25) is 14.8 Å². The first-order valence-corrected chi connectivity index (χ1v) is 9.35. The third-order valence-corrected chi connectivity index (χ3v) is 4.93. The van der Waals surface area contributed by atoms with Crippen LogP contribution in [0.4, 0.5) is 5.69 Å². The Bertz CT molecular complexity index is 867. The minimum atomic E-state index is 0.000478. The van der Waals surface area contributed by atoms with E-state index in [1.54, 1.807) is 14.2 Å². The highest BCUT2D eigenvalue weighted by atomic mass is 16.5. The van der Waals surface area contributed by atoms with Crippen LogP contribution in [0.25, 0.3) is 0 Å². The van der Waals surface area contributed by atoms with Gasteiger partial charge in [-0.05, 0) is 26.0 Å². The molecule has 1 aromatic heterocycles. The van der Waals surface area contributed by atoms with E-state index in [4.69, 9.17) is 4.74 Å². The Morgan fingerprint density at radius 3 is 2.75 bits per heavy atom. The molecule has 1 atom stereocenters. The Morgan fingerprint density at radius 2 is 2.07 bits per heavy atom. The number of guanidine groups is 1. The van der Waals surface area contributed by atoms with E-state index in [2.05, 4.69) is 20.6 Å². The number of nitrogens with one attached hydrogen (secondary N) is 2. The summed E-state index contributed by atoms with van der Waals surface area (Å²) >= 11 is 0. The van der Waals surface area contributed by atoms with Crippen LogP contribution in [0.15, 0.2) is 41.5 Å². The van der Waals surface area contributed by atoms with Crippen molar-refractivity contribution in [1.82, 2.24) is 15.6 Å². The fraction of sp³-hybridized carbons (Fsp3) is 0.381. The van der Waals surface area contributed by atoms with Crippen LogP contribution in [0.3, 0.4) is 0 Å². The fourth-order valence-electron chi connectivity index (χ4n) is 3.47. The van der Waals surface area contributed by atoms with Crippen molar-refractivity contribution < 1.29 is 9.53 Å². The highest BCUT2D eigenvalue weighted by Gasteiger charge is 2.31. The third kappa shape index (κ3) is 4.24. The van der Waals surface area contributed by atoms with E-state index >= 15 is 0 Å². The molecule has 1 aliphatic rings. The first-order chi connectivity index (χ1) is 13.5. The minimum Gasteiger partial charge on any atom is -0.496 e. The number of hydrogen-bond acceptors (Lipinski definition) is 4. The molecule has 28 heavy (non-hydrogen) atoms. The highest BCUT2D eigenvalue weighted by Crippen LogP contribution is 2.24. The Balaban J connectivity index is 1.61. The molecule has 7 heteroatoms. The lowest BCUT2D eigenvalue weighted by Crippen LogP contribution is -2.44. The van der Waals surface area contributed by atoms with Crippen LogP contribution in [-0.4, -0.2) is 43.6 Å². The topological polar surface area (TPSA) is 78.9 Å². The fourth-order valence-corrected chi connectivity index (χ4v) is 3.47. The number of pyridine rings is 1. The molecule has 1 unspecified atom stereocenters. The third-order valence-electron chi connectivity index (χ3n) is 4.93. The Labute approximate surface area is 165 Å². The number of nitrogens with zero attached hydrogens (tertiary/aromatic N) is 3. The second kappa shape index (κ2) is 8.73. The largest absolute Gasteiger partial charge is 0.496 e. The van der Waals surface area contributed by atoms with Crippen molar-refractivity contribution >= 4 is 17.6 Å². The number of para-hydroxylation sites is 1. The van der Waals surface area contributed by atoms with Gasteiger partial charge in [-0.2, -0.15) is 0 Å². The lowest BCUT2D eigenvalue weighted by atomic mass is 10.1. The zero-order valence-electron chi connectivity index (χ0n) is 16.8. The van der Waals surface area contributed by atoms with Crippen LogP contribution in [0, 0.1) is 13.8 Å². The Hall–Kier alpha value is -3.09. The maximum absolute atomic E-state index is 12.4. The molecule has 0 bridgehead atoms. The molecule has 1 fully saturated rings. The Morgan fingerprint density at radius 1 is 1.32 bits per heavy atom. The molecule has 0 saturated carbocycles. The minimum absolute atomic E-state index is 0.000478. The molecule has 2 N–H and O–H groups in total. The molecule has 0 radical (unpaired) electrons. The maximum atomic E-state index is 12.4. The van der Waals surface area contributed by atoms with Crippen molar-refractivity contribution in [3.8, 4) is 5.75 Å².